The Balaban J connectivity index is 1.79. The summed E-state index contributed by atoms with van der Waals surface area (Å²) >= 11 is 7.80. The van der Waals surface area contributed by atoms with Crippen LogP contribution in [0.3, 0.4) is 0 Å². The van der Waals surface area contributed by atoms with Gasteiger partial charge in [-0.3, -0.25) is 4.79 Å². The quantitative estimate of drug-likeness (QED) is 0.411. The van der Waals surface area contributed by atoms with E-state index in [0.29, 0.717) is 22.4 Å². The lowest BCUT2D eigenvalue weighted by Crippen LogP contribution is -2.25. The van der Waals surface area contributed by atoms with Gasteiger partial charge in [-0.2, -0.15) is 0 Å². The number of rotatable bonds is 4. The van der Waals surface area contributed by atoms with Gasteiger partial charge in [0.25, 0.3) is 5.91 Å². The van der Waals surface area contributed by atoms with Gasteiger partial charge in [-0.05, 0) is 31.2 Å². The molecule has 2 aromatic heterocycles. The summed E-state index contributed by atoms with van der Waals surface area (Å²) in [5, 5.41) is 2.21. The monoisotopic (exact) mass is 396 g/mol. The summed E-state index contributed by atoms with van der Waals surface area (Å²) in [6.07, 6.45) is 0. The van der Waals surface area contributed by atoms with E-state index in [1.165, 1.54) is 11.3 Å². The van der Waals surface area contributed by atoms with Crippen molar-refractivity contribution in [2.24, 2.45) is 0 Å². The third-order valence-electron chi connectivity index (χ3n) is 4.36. The Hall–Kier alpha value is -2.63. The molecule has 27 heavy (non-hydrogen) atoms. The highest BCUT2D eigenvalue weighted by Crippen LogP contribution is 2.37. The largest absolute Gasteiger partial charge is 0.492 e. The smallest absolute Gasteiger partial charge is 0.268 e. The SMILES string of the molecule is CCOc1ccccc1N(C)C(=O)c1cc2c(Cl)nc3ccccc3c2s1. The van der Waals surface area contributed by atoms with E-state index in [9.17, 15) is 4.79 Å². The van der Waals surface area contributed by atoms with Gasteiger partial charge in [0.1, 0.15) is 10.9 Å². The molecular weight excluding hydrogens is 380 g/mol. The first-order valence-electron chi connectivity index (χ1n) is 8.57. The van der Waals surface area contributed by atoms with Gasteiger partial charge in [0.2, 0.25) is 0 Å². The van der Waals surface area contributed by atoms with Gasteiger partial charge in [-0.15, -0.1) is 11.3 Å². The van der Waals surface area contributed by atoms with Crippen LogP contribution in [0.25, 0.3) is 21.0 Å². The van der Waals surface area contributed by atoms with E-state index in [2.05, 4.69) is 4.98 Å². The molecule has 136 valence electrons. The summed E-state index contributed by atoms with van der Waals surface area (Å²) in [5.41, 5.74) is 1.56. The molecule has 0 aliphatic carbocycles. The number of amides is 1. The molecular formula is C21H17ClN2O2S. The molecule has 0 aliphatic rings. The maximum Gasteiger partial charge on any atom is 0.268 e. The second-order valence-electron chi connectivity index (χ2n) is 6.04. The van der Waals surface area contributed by atoms with Crippen LogP contribution in [0.1, 0.15) is 16.6 Å². The lowest BCUT2D eigenvalue weighted by atomic mass is 10.2. The van der Waals surface area contributed by atoms with Crippen molar-refractivity contribution in [3.63, 3.8) is 0 Å². The number of aromatic nitrogens is 1. The number of hydrogen-bond donors (Lipinski definition) is 0. The number of anilines is 1. The van der Waals surface area contributed by atoms with Crippen LogP contribution >= 0.6 is 22.9 Å². The number of carbonyl (C=O) groups excluding carboxylic acids is 1. The van der Waals surface area contributed by atoms with Crippen LogP contribution in [-0.2, 0) is 0 Å². The second kappa shape index (κ2) is 7.18. The first-order chi connectivity index (χ1) is 13.1. The molecule has 0 atom stereocenters. The number of hydrogen-bond acceptors (Lipinski definition) is 4. The van der Waals surface area contributed by atoms with Crippen LogP contribution in [0.2, 0.25) is 5.15 Å². The number of thiophene rings is 1. The Kier molecular flexibility index (Phi) is 4.72. The summed E-state index contributed by atoms with van der Waals surface area (Å²) in [6, 6.07) is 17.2. The zero-order chi connectivity index (χ0) is 19.0. The number of fused-ring (bicyclic) bond motifs is 3. The zero-order valence-electron chi connectivity index (χ0n) is 14.9. The first kappa shape index (κ1) is 17.8. The maximum atomic E-state index is 13.1. The fourth-order valence-corrected chi connectivity index (χ4v) is 4.53. The molecule has 0 spiro atoms. The maximum absolute atomic E-state index is 13.1. The zero-order valence-corrected chi connectivity index (χ0v) is 16.5. The van der Waals surface area contributed by atoms with Gasteiger partial charge in [0.15, 0.2) is 0 Å². The lowest BCUT2D eigenvalue weighted by Gasteiger charge is -2.19. The normalized spacial score (nSPS) is 11.1. The molecule has 4 aromatic rings. The summed E-state index contributed by atoms with van der Waals surface area (Å²) in [6.45, 7) is 2.46. The second-order valence-corrected chi connectivity index (χ2v) is 7.45. The molecule has 0 N–H and O–H groups in total. The van der Waals surface area contributed by atoms with Gasteiger partial charge >= 0.3 is 0 Å². The molecule has 1 amide bonds. The molecule has 0 saturated carbocycles. The highest BCUT2D eigenvalue weighted by molar-refractivity contribution is 7.22. The fraction of sp³-hybridized carbons (Fsp3) is 0.143. The Morgan fingerprint density at radius 3 is 2.70 bits per heavy atom. The van der Waals surface area contributed by atoms with Gasteiger partial charge in [0, 0.05) is 22.5 Å². The molecule has 4 nitrogen and oxygen atoms in total. The standard InChI is InChI=1S/C21H17ClN2O2S/c1-3-26-17-11-7-6-10-16(17)24(2)21(25)18-12-14-19(27-18)13-8-4-5-9-15(13)23-20(14)22/h4-12H,3H2,1-2H3. The van der Waals surface area contributed by atoms with Gasteiger partial charge in [-0.25, -0.2) is 4.98 Å². The number of nitrogens with zero attached hydrogens (tertiary/aromatic N) is 2. The van der Waals surface area contributed by atoms with Crippen molar-refractivity contribution in [1.29, 1.82) is 0 Å². The highest BCUT2D eigenvalue weighted by Gasteiger charge is 2.21. The first-order valence-corrected chi connectivity index (χ1v) is 9.77. The van der Waals surface area contributed by atoms with Crippen LogP contribution in [0.15, 0.2) is 54.6 Å². The molecule has 0 bridgehead atoms. The molecule has 0 radical (unpaired) electrons. The number of carbonyl (C=O) groups is 1. The van der Waals surface area contributed by atoms with Crippen molar-refractivity contribution in [2.75, 3.05) is 18.6 Å². The molecule has 0 saturated heterocycles. The van der Waals surface area contributed by atoms with E-state index >= 15 is 0 Å². The molecule has 2 heterocycles. The van der Waals surface area contributed by atoms with Gasteiger partial charge < -0.3 is 9.64 Å². The van der Waals surface area contributed by atoms with E-state index < -0.39 is 0 Å². The highest BCUT2D eigenvalue weighted by atomic mass is 35.5. The predicted molar refractivity (Wildman–Crippen MR) is 112 cm³/mol. The minimum atomic E-state index is -0.108. The number of pyridine rings is 1. The van der Waals surface area contributed by atoms with Gasteiger partial charge in [0.05, 0.1) is 22.7 Å². The summed E-state index contributed by atoms with van der Waals surface area (Å²) in [4.78, 5) is 19.8. The number of ether oxygens (including phenoxy) is 1. The topological polar surface area (TPSA) is 42.4 Å². The minimum absolute atomic E-state index is 0.108. The number of para-hydroxylation sites is 3. The van der Waals surface area contributed by atoms with E-state index in [0.717, 1.165) is 26.7 Å². The molecule has 0 aliphatic heterocycles. The van der Waals surface area contributed by atoms with Crippen molar-refractivity contribution in [3.8, 4) is 5.75 Å². The van der Waals surface area contributed by atoms with Gasteiger partial charge in [-0.1, -0.05) is 41.9 Å². The third-order valence-corrected chi connectivity index (χ3v) is 5.81. The van der Waals surface area contributed by atoms with Crippen LogP contribution in [0, 0.1) is 0 Å². The summed E-state index contributed by atoms with van der Waals surface area (Å²) < 4.78 is 6.63. The number of halogens is 1. The molecule has 6 heteroatoms. The Bertz CT molecular complexity index is 1160. The van der Waals surface area contributed by atoms with E-state index in [1.54, 1.807) is 11.9 Å². The van der Waals surface area contributed by atoms with Crippen molar-refractivity contribution >= 4 is 55.5 Å². The Morgan fingerprint density at radius 1 is 1.15 bits per heavy atom. The molecule has 2 aromatic carbocycles. The van der Waals surface area contributed by atoms with Crippen molar-refractivity contribution in [3.05, 3.63) is 64.6 Å². The van der Waals surface area contributed by atoms with Crippen LogP contribution in [0.5, 0.6) is 5.75 Å². The Morgan fingerprint density at radius 2 is 1.89 bits per heavy atom. The summed E-state index contributed by atoms with van der Waals surface area (Å²) in [5.74, 6) is 0.575. The van der Waals surface area contributed by atoms with Crippen LogP contribution in [0.4, 0.5) is 5.69 Å². The lowest BCUT2D eigenvalue weighted by molar-refractivity contribution is 0.0996. The minimum Gasteiger partial charge on any atom is -0.492 e. The number of benzene rings is 2. The van der Waals surface area contributed by atoms with Crippen molar-refractivity contribution in [2.45, 2.75) is 6.92 Å². The van der Waals surface area contributed by atoms with Crippen molar-refractivity contribution < 1.29 is 9.53 Å². The Labute approximate surface area is 166 Å². The fourth-order valence-electron chi connectivity index (χ4n) is 3.07. The van der Waals surface area contributed by atoms with E-state index in [-0.39, 0.29) is 5.91 Å². The van der Waals surface area contributed by atoms with Crippen LogP contribution < -0.4 is 9.64 Å². The van der Waals surface area contributed by atoms with Crippen molar-refractivity contribution in [1.82, 2.24) is 4.98 Å². The third kappa shape index (κ3) is 3.13. The molecule has 0 unspecified atom stereocenters. The molecule has 4 rings (SSSR count). The average molecular weight is 397 g/mol. The van der Waals surface area contributed by atoms with E-state index in [1.807, 2.05) is 61.5 Å². The average Bonchev–Trinajstić information content (AvgIpc) is 3.14. The summed E-state index contributed by atoms with van der Waals surface area (Å²) in [7, 11) is 1.75. The van der Waals surface area contributed by atoms with E-state index in [4.69, 9.17) is 16.3 Å². The molecule has 0 fully saturated rings. The predicted octanol–water partition coefficient (Wildman–Crippen LogP) is 5.78. The van der Waals surface area contributed by atoms with Crippen LogP contribution in [-0.4, -0.2) is 24.5 Å².